The van der Waals surface area contributed by atoms with Crippen LogP contribution in [-0.4, -0.2) is 39.3 Å². The molecular formula is C16H17NO4. The van der Waals surface area contributed by atoms with Gasteiger partial charge >= 0.3 is 0 Å². The minimum absolute atomic E-state index is 0.0133. The van der Waals surface area contributed by atoms with Gasteiger partial charge in [0, 0.05) is 13.1 Å². The lowest BCUT2D eigenvalue weighted by Gasteiger charge is -2.22. The predicted octanol–water partition coefficient (Wildman–Crippen LogP) is 1.73. The zero-order chi connectivity index (χ0) is 15.2. The highest BCUT2D eigenvalue weighted by molar-refractivity contribution is 5.97. The molecular weight excluding hydrogens is 270 g/mol. The van der Waals surface area contributed by atoms with E-state index in [9.17, 15) is 15.0 Å². The predicted molar refractivity (Wildman–Crippen MR) is 78.0 cm³/mol. The Morgan fingerprint density at radius 2 is 1.76 bits per heavy atom. The molecule has 5 heteroatoms. The van der Waals surface area contributed by atoms with Crippen LogP contribution in [0.15, 0.2) is 48.5 Å². The monoisotopic (exact) mass is 287 g/mol. The number of amides is 1. The molecule has 110 valence electrons. The second kappa shape index (κ2) is 6.76. The number of rotatable bonds is 5. The number of hydrogen-bond donors (Lipinski definition) is 3. The summed E-state index contributed by atoms with van der Waals surface area (Å²) in [6.45, 7) is 0.274. The van der Waals surface area contributed by atoms with Crippen molar-refractivity contribution in [3.8, 4) is 11.5 Å². The van der Waals surface area contributed by atoms with Gasteiger partial charge in [-0.25, -0.2) is 0 Å². The van der Waals surface area contributed by atoms with Gasteiger partial charge in [0.25, 0.3) is 5.91 Å². The van der Waals surface area contributed by atoms with Gasteiger partial charge in [-0.15, -0.1) is 0 Å². The van der Waals surface area contributed by atoms with Crippen molar-refractivity contribution in [2.75, 3.05) is 13.2 Å². The van der Waals surface area contributed by atoms with Crippen LogP contribution in [0.3, 0.4) is 0 Å². The van der Waals surface area contributed by atoms with E-state index in [4.69, 9.17) is 5.11 Å². The number of carbonyl (C=O) groups is 1. The maximum Gasteiger partial charge on any atom is 0.258 e. The molecule has 0 aliphatic heterocycles. The van der Waals surface area contributed by atoms with Gasteiger partial charge in [0.05, 0.1) is 12.2 Å². The molecule has 0 unspecified atom stereocenters. The van der Waals surface area contributed by atoms with E-state index >= 15 is 0 Å². The fourth-order valence-electron chi connectivity index (χ4n) is 2.04. The first-order valence-corrected chi connectivity index (χ1v) is 6.58. The number of hydrogen-bond acceptors (Lipinski definition) is 4. The van der Waals surface area contributed by atoms with Crippen molar-refractivity contribution in [2.45, 2.75) is 6.54 Å². The molecule has 0 fully saturated rings. The van der Waals surface area contributed by atoms with Crippen LogP contribution in [0.25, 0.3) is 0 Å². The van der Waals surface area contributed by atoms with Crippen LogP contribution in [0, 0.1) is 0 Å². The first-order valence-electron chi connectivity index (χ1n) is 6.58. The number of benzene rings is 2. The van der Waals surface area contributed by atoms with Crippen molar-refractivity contribution in [3.63, 3.8) is 0 Å². The molecule has 2 rings (SSSR count). The van der Waals surface area contributed by atoms with Crippen LogP contribution in [0.4, 0.5) is 0 Å². The van der Waals surface area contributed by atoms with Gasteiger partial charge in [-0.2, -0.15) is 0 Å². The number of aliphatic hydroxyl groups is 1. The van der Waals surface area contributed by atoms with E-state index < -0.39 is 5.91 Å². The molecule has 0 saturated heterocycles. The normalized spacial score (nSPS) is 10.3. The smallest absolute Gasteiger partial charge is 0.258 e. The molecule has 0 saturated carbocycles. The Morgan fingerprint density at radius 1 is 1.05 bits per heavy atom. The van der Waals surface area contributed by atoms with Crippen molar-refractivity contribution < 1.29 is 20.1 Å². The number of aliphatic hydroxyl groups excluding tert-OH is 1. The fraction of sp³-hybridized carbons (Fsp3) is 0.188. The van der Waals surface area contributed by atoms with Gasteiger partial charge in [0.1, 0.15) is 11.5 Å². The summed E-state index contributed by atoms with van der Waals surface area (Å²) in [5, 5.41) is 28.4. The highest BCUT2D eigenvalue weighted by Crippen LogP contribution is 2.24. The van der Waals surface area contributed by atoms with Gasteiger partial charge in [0.2, 0.25) is 0 Å². The van der Waals surface area contributed by atoms with E-state index in [1.807, 2.05) is 30.3 Å². The highest BCUT2D eigenvalue weighted by atomic mass is 16.3. The van der Waals surface area contributed by atoms with Crippen LogP contribution < -0.4 is 0 Å². The standard InChI is InChI=1S/C16H17NO4/c18-9-8-17(11-12-4-2-1-3-5-12)16(21)14-10-13(19)6-7-15(14)20/h1-7,10,18-20H,8-9,11H2. The van der Waals surface area contributed by atoms with E-state index in [2.05, 4.69) is 0 Å². The van der Waals surface area contributed by atoms with E-state index in [1.54, 1.807) is 0 Å². The summed E-state index contributed by atoms with van der Waals surface area (Å²) in [7, 11) is 0. The summed E-state index contributed by atoms with van der Waals surface area (Å²) < 4.78 is 0. The molecule has 0 atom stereocenters. The van der Waals surface area contributed by atoms with Crippen molar-refractivity contribution in [1.29, 1.82) is 0 Å². The average molecular weight is 287 g/mol. The van der Waals surface area contributed by atoms with Crippen molar-refractivity contribution >= 4 is 5.91 Å². The quantitative estimate of drug-likeness (QED) is 0.732. The largest absolute Gasteiger partial charge is 0.508 e. The summed E-state index contributed by atoms with van der Waals surface area (Å²) in [5.41, 5.74) is 0.929. The number of nitrogens with zero attached hydrogens (tertiary/aromatic N) is 1. The fourth-order valence-corrected chi connectivity index (χ4v) is 2.04. The van der Waals surface area contributed by atoms with Crippen LogP contribution in [0.1, 0.15) is 15.9 Å². The lowest BCUT2D eigenvalue weighted by atomic mass is 10.1. The van der Waals surface area contributed by atoms with E-state index in [1.165, 1.54) is 23.1 Å². The zero-order valence-corrected chi connectivity index (χ0v) is 11.4. The highest BCUT2D eigenvalue weighted by Gasteiger charge is 2.19. The number of phenolic OH excluding ortho intramolecular Hbond substituents is 2. The Balaban J connectivity index is 2.25. The van der Waals surface area contributed by atoms with Gasteiger partial charge in [-0.3, -0.25) is 4.79 Å². The molecule has 0 spiro atoms. The number of phenols is 2. The Hall–Kier alpha value is -2.53. The maximum absolute atomic E-state index is 12.5. The lowest BCUT2D eigenvalue weighted by Crippen LogP contribution is -2.33. The molecule has 0 aliphatic rings. The molecule has 5 nitrogen and oxygen atoms in total. The molecule has 2 aromatic carbocycles. The van der Waals surface area contributed by atoms with Gasteiger partial charge in [-0.1, -0.05) is 30.3 Å². The molecule has 0 bridgehead atoms. The summed E-state index contributed by atoms with van der Waals surface area (Å²) in [4.78, 5) is 13.9. The lowest BCUT2D eigenvalue weighted by molar-refractivity contribution is 0.0704. The van der Waals surface area contributed by atoms with Crippen LogP contribution in [0.5, 0.6) is 11.5 Å². The summed E-state index contributed by atoms with van der Waals surface area (Å²) in [5.74, 6) is -0.741. The minimum atomic E-state index is -0.443. The van der Waals surface area contributed by atoms with Crippen molar-refractivity contribution in [1.82, 2.24) is 4.90 Å². The van der Waals surface area contributed by atoms with Gasteiger partial charge < -0.3 is 20.2 Å². The minimum Gasteiger partial charge on any atom is -0.508 e. The second-order valence-electron chi connectivity index (χ2n) is 4.64. The molecule has 3 N–H and O–H groups in total. The molecule has 0 heterocycles. The summed E-state index contributed by atoms with van der Waals surface area (Å²) in [6, 6.07) is 13.1. The third-order valence-electron chi connectivity index (χ3n) is 3.08. The van der Waals surface area contributed by atoms with Crippen molar-refractivity contribution in [3.05, 3.63) is 59.7 Å². The Kier molecular flexibility index (Phi) is 4.79. The average Bonchev–Trinajstić information content (AvgIpc) is 2.49. The van der Waals surface area contributed by atoms with E-state index in [-0.39, 0.29) is 30.2 Å². The topological polar surface area (TPSA) is 81.0 Å². The summed E-state index contributed by atoms with van der Waals surface area (Å²) >= 11 is 0. The second-order valence-corrected chi connectivity index (χ2v) is 4.64. The van der Waals surface area contributed by atoms with Crippen LogP contribution in [0.2, 0.25) is 0 Å². The maximum atomic E-state index is 12.5. The van der Waals surface area contributed by atoms with Crippen LogP contribution >= 0.6 is 0 Å². The first kappa shape index (κ1) is 14.9. The molecule has 0 aromatic heterocycles. The number of carbonyl (C=O) groups excluding carboxylic acids is 1. The molecule has 0 aliphatic carbocycles. The van der Waals surface area contributed by atoms with E-state index in [0.717, 1.165) is 5.56 Å². The first-order chi connectivity index (χ1) is 10.1. The zero-order valence-electron chi connectivity index (χ0n) is 11.4. The third-order valence-corrected chi connectivity index (χ3v) is 3.08. The summed E-state index contributed by atoms with van der Waals surface area (Å²) in [6.07, 6.45) is 0. The van der Waals surface area contributed by atoms with Gasteiger partial charge in [-0.05, 0) is 23.8 Å². The molecule has 1 amide bonds. The van der Waals surface area contributed by atoms with E-state index in [0.29, 0.717) is 6.54 Å². The SMILES string of the molecule is O=C(c1cc(O)ccc1O)N(CCO)Cc1ccccc1. The molecule has 2 aromatic rings. The third kappa shape index (κ3) is 3.73. The van der Waals surface area contributed by atoms with Gasteiger partial charge in [0.15, 0.2) is 0 Å². The Morgan fingerprint density at radius 3 is 2.43 bits per heavy atom. The Labute approximate surface area is 122 Å². The number of aromatic hydroxyl groups is 2. The molecule has 0 radical (unpaired) electrons. The molecule has 21 heavy (non-hydrogen) atoms. The van der Waals surface area contributed by atoms with Crippen molar-refractivity contribution in [2.24, 2.45) is 0 Å². The van der Waals surface area contributed by atoms with Crippen LogP contribution in [-0.2, 0) is 6.54 Å². The Bertz CT molecular complexity index is 613.